The molecule has 1 aromatic carbocycles. The summed E-state index contributed by atoms with van der Waals surface area (Å²) in [5.74, 6) is -0.281. The summed E-state index contributed by atoms with van der Waals surface area (Å²) in [6.45, 7) is 0. The van der Waals surface area contributed by atoms with Gasteiger partial charge in [-0.25, -0.2) is 4.79 Å². The Morgan fingerprint density at radius 3 is 3.00 bits per heavy atom. The van der Waals surface area contributed by atoms with Gasteiger partial charge in [0.05, 0.1) is 5.52 Å². The molecule has 3 aromatic rings. The molecule has 0 bridgehead atoms. The quantitative estimate of drug-likeness (QED) is 0.641. The van der Waals surface area contributed by atoms with Crippen LogP contribution in [0.15, 0.2) is 38.0 Å². The number of hydrogen-bond acceptors (Lipinski definition) is 5. The van der Waals surface area contributed by atoms with Crippen molar-refractivity contribution in [3.63, 3.8) is 0 Å². The fraction of sp³-hybridized carbons (Fsp3) is 0. The minimum atomic E-state index is -0.501. The van der Waals surface area contributed by atoms with Crippen LogP contribution in [0.1, 0.15) is 0 Å². The summed E-state index contributed by atoms with van der Waals surface area (Å²) in [5.41, 5.74) is 7.77. The normalized spacial score (nSPS) is 11.0. The molecular formula is C10H7N3O3. The molecule has 6 heteroatoms. The lowest BCUT2D eigenvalue weighted by Gasteiger charge is -1.95. The number of aromatic amines is 1. The second-order valence-electron chi connectivity index (χ2n) is 3.31. The Hall–Kier alpha value is -2.50. The number of anilines is 1. The van der Waals surface area contributed by atoms with Crippen LogP contribution >= 0.6 is 0 Å². The maximum absolute atomic E-state index is 11.1. The molecule has 0 spiro atoms. The number of nitrogens with one attached hydrogen (secondary N) is 1. The molecule has 3 N–H and O–H groups in total. The topological polar surface area (TPSA) is 98.0 Å². The molecule has 0 atom stereocenters. The van der Waals surface area contributed by atoms with E-state index in [1.54, 1.807) is 24.3 Å². The maximum Gasteiger partial charge on any atom is 0.417 e. The van der Waals surface area contributed by atoms with E-state index in [2.05, 4.69) is 10.1 Å². The van der Waals surface area contributed by atoms with E-state index in [4.69, 9.17) is 14.7 Å². The zero-order chi connectivity index (χ0) is 11.1. The van der Waals surface area contributed by atoms with E-state index in [9.17, 15) is 4.79 Å². The first-order chi connectivity index (χ1) is 7.74. The molecule has 0 amide bonds. The Morgan fingerprint density at radius 1 is 1.38 bits per heavy atom. The number of fused-ring (bicyclic) bond motifs is 1. The van der Waals surface area contributed by atoms with Crippen molar-refractivity contribution < 1.29 is 8.94 Å². The van der Waals surface area contributed by atoms with E-state index in [0.29, 0.717) is 22.4 Å². The zero-order valence-electron chi connectivity index (χ0n) is 8.06. The van der Waals surface area contributed by atoms with E-state index < -0.39 is 5.76 Å². The van der Waals surface area contributed by atoms with Gasteiger partial charge in [0.15, 0.2) is 5.58 Å². The number of aromatic nitrogens is 2. The van der Waals surface area contributed by atoms with Crippen molar-refractivity contribution in [2.45, 2.75) is 0 Å². The van der Waals surface area contributed by atoms with Crippen molar-refractivity contribution in [1.82, 2.24) is 10.1 Å². The van der Waals surface area contributed by atoms with Crippen LogP contribution in [0.4, 0.5) is 5.88 Å². The highest BCUT2D eigenvalue weighted by Crippen LogP contribution is 2.26. The number of rotatable bonds is 1. The zero-order valence-corrected chi connectivity index (χ0v) is 8.06. The summed E-state index contributed by atoms with van der Waals surface area (Å²) < 4.78 is 9.72. The Balaban J connectivity index is 2.34. The fourth-order valence-electron chi connectivity index (χ4n) is 1.60. The minimum absolute atomic E-state index is 0.220. The predicted molar refractivity (Wildman–Crippen MR) is 56.7 cm³/mol. The van der Waals surface area contributed by atoms with Gasteiger partial charge in [-0.05, 0) is 6.07 Å². The lowest BCUT2D eigenvalue weighted by molar-refractivity contribution is 0.439. The maximum atomic E-state index is 11.1. The number of nitrogens with zero attached hydrogens (tertiary/aromatic N) is 1. The molecule has 0 fully saturated rings. The summed E-state index contributed by atoms with van der Waals surface area (Å²) in [6, 6.07) is 6.84. The Kier molecular flexibility index (Phi) is 1.64. The minimum Gasteiger partial charge on any atom is -0.408 e. The first-order valence-electron chi connectivity index (χ1n) is 4.58. The van der Waals surface area contributed by atoms with Crippen molar-refractivity contribution in [2.75, 3.05) is 5.73 Å². The summed E-state index contributed by atoms with van der Waals surface area (Å²) in [5, 5.41) is 3.78. The van der Waals surface area contributed by atoms with Gasteiger partial charge in [-0.3, -0.25) is 4.98 Å². The van der Waals surface area contributed by atoms with Gasteiger partial charge in [0, 0.05) is 11.6 Å². The Labute approximate surface area is 88.7 Å². The average Bonchev–Trinajstić information content (AvgIpc) is 2.82. The van der Waals surface area contributed by atoms with Gasteiger partial charge in [0.2, 0.25) is 5.88 Å². The molecule has 0 radical (unpaired) electrons. The van der Waals surface area contributed by atoms with Crippen molar-refractivity contribution in [1.29, 1.82) is 0 Å². The smallest absolute Gasteiger partial charge is 0.408 e. The Morgan fingerprint density at radius 2 is 2.25 bits per heavy atom. The first kappa shape index (κ1) is 8.78. The van der Waals surface area contributed by atoms with Crippen LogP contribution in [0.5, 0.6) is 0 Å². The number of oxazole rings is 1. The van der Waals surface area contributed by atoms with Gasteiger partial charge in [-0.1, -0.05) is 17.3 Å². The van der Waals surface area contributed by atoms with Gasteiger partial charge in [-0.2, -0.15) is 0 Å². The number of para-hydroxylation sites is 1. The van der Waals surface area contributed by atoms with Crippen LogP contribution in [0.25, 0.3) is 22.4 Å². The first-order valence-corrected chi connectivity index (χ1v) is 4.58. The van der Waals surface area contributed by atoms with Crippen molar-refractivity contribution >= 4 is 17.0 Å². The third-order valence-corrected chi connectivity index (χ3v) is 2.26. The lowest BCUT2D eigenvalue weighted by Crippen LogP contribution is -1.93. The standard InChI is InChI=1S/C10H7N3O3/c11-8-4-6(13-16-8)5-2-1-3-7-9(5)12-10(14)15-7/h1-4H,11H2,(H,12,14). The molecule has 0 unspecified atom stereocenters. The van der Waals surface area contributed by atoms with Crippen molar-refractivity contribution in [3.05, 3.63) is 34.8 Å². The van der Waals surface area contributed by atoms with Crippen molar-refractivity contribution in [2.24, 2.45) is 0 Å². The molecule has 0 aliphatic carbocycles. The molecule has 16 heavy (non-hydrogen) atoms. The van der Waals surface area contributed by atoms with Gasteiger partial charge in [0.25, 0.3) is 0 Å². The van der Waals surface area contributed by atoms with Crippen LogP contribution in [0.2, 0.25) is 0 Å². The molecule has 6 nitrogen and oxygen atoms in total. The molecule has 80 valence electrons. The summed E-state index contributed by atoms with van der Waals surface area (Å²) in [7, 11) is 0. The number of H-pyrrole nitrogens is 1. The van der Waals surface area contributed by atoms with E-state index in [-0.39, 0.29) is 5.88 Å². The van der Waals surface area contributed by atoms with Gasteiger partial charge in [-0.15, -0.1) is 0 Å². The average molecular weight is 217 g/mol. The third kappa shape index (κ3) is 1.20. The largest absolute Gasteiger partial charge is 0.417 e. The molecule has 2 aromatic heterocycles. The SMILES string of the molecule is Nc1cc(-c2cccc3oc(=O)[nH]c23)no1. The Bertz CT molecular complexity index is 707. The van der Waals surface area contributed by atoms with Gasteiger partial charge < -0.3 is 14.7 Å². The van der Waals surface area contributed by atoms with Crippen LogP contribution in [0.3, 0.4) is 0 Å². The summed E-state index contributed by atoms with van der Waals surface area (Å²) in [6.07, 6.45) is 0. The highest BCUT2D eigenvalue weighted by atomic mass is 16.5. The summed E-state index contributed by atoms with van der Waals surface area (Å²) >= 11 is 0. The second kappa shape index (κ2) is 2.99. The molecule has 3 rings (SSSR count). The molecule has 2 heterocycles. The number of benzene rings is 1. The number of nitrogen functional groups attached to an aromatic ring is 1. The van der Waals surface area contributed by atoms with Crippen molar-refractivity contribution in [3.8, 4) is 11.3 Å². The van der Waals surface area contributed by atoms with E-state index >= 15 is 0 Å². The number of nitrogens with two attached hydrogens (primary N) is 1. The van der Waals surface area contributed by atoms with Gasteiger partial charge in [0.1, 0.15) is 5.69 Å². The second-order valence-corrected chi connectivity index (χ2v) is 3.31. The predicted octanol–water partition coefficient (Wildman–Crippen LogP) is 1.36. The molecule has 0 saturated carbocycles. The van der Waals surface area contributed by atoms with Crippen LogP contribution < -0.4 is 11.5 Å². The van der Waals surface area contributed by atoms with Gasteiger partial charge >= 0.3 is 5.76 Å². The van der Waals surface area contributed by atoms with Crippen LogP contribution in [-0.4, -0.2) is 10.1 Å². The number of hydrogen-bond donors (Lipinski definition) is 2. The van der Waals surface area contributed by atoms with E-state index in [1.165, 1.54) is 0 Å². The molecule has 0 aliphatic heterocycles. The summed E-state index contributed by atoms with van der Waals surface area (Å²) in [4.78, 5) is 13.7. The van der Waals surface area contributed by atoms with E-state index in [0.717, 1.165) is 0 Å². The highest BCUT2D eigenvalue weighted by molar-refractivity contribution is 5.89. The highest BCUT2D eigenvalue weighted by Gasteiger charge is 2.11. The monoisotopic (exact) mass is 217 g/mol. The fourth-order valence-corrected chi connectivity index (χ4v) is 1.60. The molecule has 0 saturated heterocycles. The lowest BCUT2D eigenvalue weighted by atomic mass is 10.1. The molecule has 0 aliphatic rings. The van der Waals surface area contributed by atoms with Crippen LogP contribution in [-0.2, 0) is 0 Å². The van der Waals surface area contributed by atoms with Crippen LogP contribution in [0, 0.1) is 0 Å². The van der Waals surface area contributed by atoms with E-state index in [1.807, 2.05) is 0 Å². The molecular weight excluding hydrogens is 210 g/mol. The third-order valence-electron chi connectivity index (χ3n) is 2.26.